The van der Waals surface area contributed by atoms with Gasteiger partial charge in [0.15, 0.2) is 10.9 Å². The highest BCUT2D eigenvalue weighted by Crippen LogP contribution is 2.42. The summed E-state index contributed by atoms with van der Waals surface area (Å²) in [6, 6.07) is 9.89. The monoisotopic (exact) mass is 475 g/mol. The van der Waals surface area contributed by atoms with Gasteiger partial charge in [-0.25, -0.2) is 4.98 Å². The van der Waals surface area contributed by atoms with E-state index >= 15 is 0 Å². The number of rotatable bonds is 6. The molecule has 0 radical (unpaired) electrons. The Labute approximate surface area is 201 Å². The van der Waals surface area contributed by atoms with Crippen molar-refractivity contribution in [3.63, 3.8) is 0 Å². The van der Waals surface area contributed by atoms with Crippen LogP contribution in [0.2, 0.25) is 0 Å². The Morgan fingerprint density at radius 1 is 1.03 bits per heavy atom. The number of anilines is 1. The molecule has 1 saturated carbocycles. The van der Waals surface area contributed by atoms with Gasteiger partial charge < -0.3 is 4.74 Å². The van der Waals surface area contributed by atoms with Gasteiger partial charge in [-0.1, -0.05) is 19.3 Å². The van der Waals surface area contributed by atoms with E-state index in [9.17, 15) is 14.4 Å². The summed E-state index contributed by atoms with van der Waals surface area (Å²) in [4.78, 5) is 50.4. The molecule has 5 rings (SSSR count). The Kier molecular flexibility index (Phi) is 6.24. The first-order valence-corrected chi connectivity index (χ1v) is 12.4. The second-order valence-electron chi connectivity index (χ2n) is 8.75. The zero-order valence-corrected chi connectivity index (χ0v) is 19.7. The number of thiazole rings is 1. The highest BCUT2D eigenvalue weighted by molar-refractivity contribution is 7.14. The molecule has 0 N–H and O–H groups in total. The van der Waals surface area contributed by atoms with Gasteiger partial charge in [0.2, 0.25) is 5.78 Å². The van der Waals surface area contributed by atoms with Gasteiger partial charge >= 0.3 is 0 Å². The van der Waals surface area contributed by atoms with E-state index in [1.165, 1.54) is 16.2 Å². The van der Waals surface area contributed by atoms with Crippen LogP contribution in [-0.4, -0.2) is 40.6 Å². The lowest BCUT2D eigenvalue weighted by molar-refractivity contribution is -0.135. The molecule has 7 nitrogen and oxygen atoms in total. The summed E-state index contributed by atoms with van der Waals surface area (Å²) in [7, 11) is 1.56. The second kappa shape index (κ2) is 9.46. The fourth-order valence-electron chi connectivity index (χ4n) is 5.10. The molecular weight excluding hydrogens is 450 g/mol. The van der Waals surface area contributed by atoms with E-state index in [0.29, 0.717) is 16.4 Å². The van der Waals surface area contributed by atoms with Gasteiger partial charge in [-0.3, -0.25) is 24.3 Å². The van der Waals surface area contributed by atoms with Crippen molar-refractivity contribution >= 4 is 33.9 Å². The van der Waals surface area contributed by atoms with E-state index in [1.807, 2.05) is 17.5 Å². The third-order valence-corrected chi connectivity index (χ3v) is 7.66. The third kappa shape index (κ3) is 4.03. The van der Waals surface area contributed by atoms with Crippen molar-refractivity contribution in [2.24, 2.45) is 11.8 Å². The Morgan fingerprint density at radius 2 is 1.74 bits per heavy atom. The summed E-state index contributed by atoms with van der Waals surface area (Å²) < 4.78 is 5.19. The lowest BCUT2D eigenvalue weighted by Crippen LogP contribution is -2.43. The van der Waals surface area contributed by atoms with Gasteiger partial charge in [-0.2, -0.15) is 0 Å². The normalized spacial score (nSPS) is 21.1. The number of carbonyl (C=O) groups is 3. The number of nitrogens with zero attached hydrogens (tertiary/aromatic N) is 3. The molecule has 3 aromatic rings. The van der Waals surface area contributed by atoms with Crippen LogP contribution < -0.4 is 9.64 Å². The number of ketones is 2. The molecule has 174 valence electrons. The molecule has 8 heteroatoms. The van der Waals surface area contributed by atoms with E-state index in [2.05, 4.69) is 4.98 Å². The van der Waals surface area contributed by atoms with Crippen LogP contribution in [0.3, 0.4) is 0 Å². The smallest absolute Gasteiger partial charge is 0.297 e. The number of aromatic nitrogens is 2. The van der Waals surface area contributed by atoms with Crippen LogP contribution in [0.5, 0.6) is 5.75 Å². The number of Topliss-reactive ketones (excluding diaryl/α,β-unsaturated/α-hetero) is 2. The molecular formula is C26H25N3O4S. The van der Waals surface area contributed by atoms with Gasteiger partial charge in [0.05, 0.1) is 18.8 Å². The van der Waals surface area contributed by atoms with Crippen molar-refractivity contribution in [2.45, 2.75) is 38.1 Å². The van der Waals surface area contributed by atoms with E-state index in [4.69, 9.17) is 9.72 Å². The van der Waals surface area contributed by atoms with Crippen LogP contribution in [0, 0.1) is 11.8 Å². The maximum atomic E-state index is 13.6. The fourth-order valence-corrected chi connectivity index (χ4v) is 5.98. The SMILES string of the molecule is COc1ccc(C(=O)C2C(=O)C(=O)N(c3nc(-c4ccncc4)cs3)C2C2CCCCC2)cc1. The Hall–Kier alpha value is -3.39. The van der Waals surface area contributed by atoms with E-state index < -0.39 is 23.7 Å². The number of benzene rings is 1. The van der Waals surface area contributed by atoms with Crippen LogP contribution in [0.1, 0.15) is 42.5 Å². The summed E-state index contributed by atoms with van der Waals surface area (Å²) in [6.45, 7) is 0. The van der Waals surface area contributed by atoms with Crippen LogP contribution in [0.4, 0.5) is 5.13 Å². The summed E-state index contributed by atoms with van der Waals surface area (Å²) >= 11 is 1.32. The van der Waals surface area contributed by atoms with Crippen molar-refractivity contribution in [1.82, 2.24) is 9.97 Å². The molecule has 1 aliphatic carbocycles. The third-order valence-electron chi connectivity index (χ3n) is 6.82. The minimum atomic E-state index is -1.03. The van der Waals surface area contributed by atoms with Crippen LogP contribution in [0.25, 0.3) is 11.3 Å². The van der Waals surface area contributed by atoms with Gasteiger partial charge in [0.25, 0.3) is 5.91 Å². The fraction of sp³-hybridized carbons (Fsp3) is 0.346. The average Bonchev–Trinajstić information content (AvgIpc) is 3.48. The number of amides is 1. The highest BCUT2D eigenvalue weighted by Gasteiger charge is 2.55. The highest BCUT2D eigenvalue weighted by atomic mass is 32.1. The summed E-state index contributed by atoms with van der Waals surface area (Å²) in [6.07, 6.45) is 8.33. The first kappa shape index (κ1) is 22.4. The van der Waals surface area contributed by atoms with E-state index in [1.54, 1.807) is 43.8 Å². The second-order valence-corrected chi connectivity index (χ2v) is 9.59. The predicted molar refractivity (Wildman–Crippen MR) is 129 cm³/mol. The van der Waals surface area contributed by atoms with Crippen molar-refractivity contribution in [3.8, 4) is 17.0 Å². The first-order chi connectivity index (χ1) is 16.6. The first-order valence-electron chi connectivity index (χ1n) is 11.5. The molecule has 0 bridgehead atoms. The predicted octanol–water partition coefficient (Wildman–Crippen LogP) is 4.58. The number of hydrogen-bond donors (Lipinski definition) is 0. The van der Waals surface area contributed by atoms with Crippen molar-refractivity contribution in [2.75, 3.05) is 12.0 Å². The molecule has 2 aromatic heterocycles. The van der Waals surface area contributed by atoms with Crippen LogP contribution in [-0.2, 0) is 9.59 Å². The standard InChI is InChI=1S/C26H25N3O4S/c1-33-19-9-7-18(8-10-19)23(30)21-22(17-5-3-2-4-6-17)29(25(32)24(21)31)26-28-20(15-34-26)16-11-13-27-14-12-16/h7-15,17,21-22H,2-6H2,1H3. The topological polar surface area (TPSA) is 89.5 Å². The van der Waals surface area contributed by atoms with Gasteiger partial charge in [-0.15, -0.1) is 11.3 Å². The van der Waals surface area contributed by atoms with Gasteiger partial charge in [-0.05, 0) is 55.2 Å². The molecule has 1 saturated heterocycles. The number of methoxy groups -OCH3 is 1. The lowest BCUT2D eigenvalue weighted by atomic mass is 9.76. The molecule has 1 amide bonds. The van der Waals surface area contributed by atoms with Crippen LogP contribution >= 0.6 is 11.3 Å². The maximum Gasteiger partial charge on any atom is 0.297 e. The lowest BCUT2D eigenvalue weighted by Gasteiger charge is -2.34. The van der Waals surface area contributed by atoms with Gasteiger partial charge in [0.1, 0.15) is 11.7 Å². The molecule has 2 atom stereocenters. The largest absolute Gasteiger partial charge is 0.497 e. The van der Waals surface area contributed by atoms with Crippen molar-refractivity contribution in [1.29, 1.82) is 0 Å². The minimum Gasteiger partial charge on any atom is -0.497 e. The molecule has 2 unspecified atom stereocenters. The zero-order chi connectivity index (χ0) is 23.7. The Balaban J connectivity index is 1.53. The molecule has 3 heterocycles. The molecule has 2 fully saturated rings. The molecule has 1 aliphatic heterocycles. The van der Waals surface area contributed by atoms with Crippen molar-refractivity contribution in [3.05, 3.63) is 59.7 Å². The minimum absolute atomic E-state index is 0.0737. The summed E-state index contributed by atoms with van der Waals surface area (Å²) in [5, 5.41) is 2.34. The number of pyridine rings is 1. The summed E-state index contributed by atoms with van der Waals surface area (Å²) in [5.74, 6) is -1.93. The number of ether oxygens (including phenoxy) is 1. The molecule has 0 spiro atoms. The molecule has 2 aliphatic rings. The Bertz CT molecular complexity index is 1200. The maximum absolute atomic E-state index is 13.6. The zero-order valence-electron chi connectivity index (χ0n) is 18.8. The van der Waals surface area contributed by atoms with E-state index in [-0.39, 0.29) is 11.7 Å². The quantitative estimate of drug-likeness (QED) is 0.295. The van der Waals surface area contributed by atoms with Gasteiger partial charge in [0, 0.05) is 28.9 Å². The number of hydrogen-bond acceptors (Lipinski definition) is 7. The summed E-state index contributed by atoms with van der Waals surface area (Å²) in [5.41, 5.74) is 2.01. The average molecular weight is 476 g/mol. The Morgan fingerprint density at radius 3 is 2.41 bits per heavy atom. The molecule has 1 aromatic carbocycles. The van der Waals surface area contributed by atoms with E-state index in [0.717, 1.165) is 43.4 Å². The molecule has 34 heavy (non-hydrogen) atoms. The van der Waals surface area contributed by atoms with Crippen molar-refractivity contribution < 1.29 is 19.1 Å². The number of carbonyl (C=O) groups excluding carboxylic acids is 3. The van der Waals surface area contributed by atoms with Crippen LogP contribution in [0.15, 0.2) is 54.2 Å².